The molecule has 0 amide bonds. The maximum absolute atomic E-state index is 10.8. The number of Topliss-reactive ketones (excluding diaryl/α,β-unsaturated/α-hetero) is 1. The lowest BCUT2D eigenvalue weighted by Crippen LogP contribution is -2.12. The van der Waals surface area contributed by atoms with Gasteiger partial charge < -0.3 is 0 Å². The lowest BCUT2D eigenvalue weighted by atomic mass is 10.1. The Morgan fingerprint density at radius 1 is 1.18 bits per heavy atom. The minimum absolute atomic E-state index is 0.159. The molecule has 0 aliphatic carbocycles. The van der Waals surface area contributed by atoms with Crippen LogP contribution in [0.2, 0.25) is 0 Å². The second-order valence-electron chi connectivity index (χ2n) is 2.79. The Morgan fingerprint density at radius 3 is 2.27 bits per heavy atom. The van der Waals surface area contributed by atoms with Crippen LogP contribution in [0.15, 0.2) is 0 Å². The van der Waals surface area contributed by atoms with Crippen LogP contribution in [0.4, 0.5) is 0 Å². The Balaban J connectivity index is 3.25. The molecule has 0 unspecified atom stereocenters. The van der Waals surface area contributed by atoms with Crippen LogP contribution in [-0.4, -0.2) is 21.4 Å². The van der Waals surface area contributed by atoms with Crippen molar-refractivity contribution < 1.29 is 9.59 Å². The first-order valence-corrected chi connectivity index (χ1v) is 5.22. The first-order chi connectivity index (χ1) is 5.18. The second-order valence-corrected chi connectivity index (χ2v) is 3.70. The third-order valence-electron chi connectivity index (χ3n) is 1.65. The Bertz CT molecular complexity index is 143. The van der Waals surface area contributed by atoms with E-state index in [-0.39, 0.29) is 11.2 Å². The second kappa shape index (κ2) is 6.28. The molecule has 2 nitrogen and oxygen atoms in total. The van der Waals surface area contributed by atoms with Gasteiger partial charge in [0.25, 0.3) is 0 Å². The van der Waals surface area contributed by atoms with Gasteiger partial charge in [-0.25, -0.2) is 0 Å². The highest BCUT2D eigenvalue weighted by molar-refractivity contribution is 6.77. The molecule has 0 aromatic rings. The molecule has 0 aromatic heterocycles. The van der Waals surface area contributed by atoms with Crippen molar-refractivity contribution in [2.45, 2.75) is 39.0 Å². The third kappa shape index (κ3) is 5.98. The summed E-state index contributed by atoms with van der Waals surface area (Å²) in [7, 11) is 0.384. The Labute approximate surface area is 70.8 Å². The zero-order valence-corrected chi connectivity index (χ0v) is 9.35. The highest BCUT2D eigenvalue weighted by atomic mass is 28.1. The van der Waals surface area contributed by atoms with Crippen molar-refractivity contribution in [3.63, 3.8) is 0 Å². The number of carbonyl (C=O) groups is 2. The van der Waals surface area contributed by atoms with Crippen molar-refractivity contribution in [3.8, 4) is 0 Å². The fourth-order valence-corrected chi connectivity index (χ4v) is 1.14. The molecule has 0 fully saturated rings. The van der Waals surface area contributed by atoms with E-state index in [1.54, 1.807) is 0 Å². The third-order valence-corrected chi connectivity index (χ3v) is 2.21. The van der Waals surface area contributed by atoms with Crippen LogP contribution < -0.4 is 0 Å². The normalized spacial score (nSPS) is 9.91. The first kappa shape index (κ1) is 10.6. The molecule has 0 aromatic carbocycles. The summed E-state index contributed by atoms with van der Waals surface area (Å²) in [4.78, 5) is 21.3. The SMILES string of the molecule is CCCCCCC(=O)C(=O)[SiH3]. The van der Waals surface area contributed by atoms with Crippen LogP contribution in [0, 0.1) is 0 Å². The molecule has 0 N–H and O–H groups in total. The van der Waals surface area contributed by atoms with Gasteiger partial charge in [0.1, 0.15) is 0 Å². The van der Waals surface area contributed by atoms with Crippen LogP contribution in [0.3, 0.4) is 0 Å². The summed E-state index contributed by atoms with van der Waals surface area (Å²) in [5.41, 5.74) is 0. The van der Waals surface area contributed by atoms with Crippen molar-refractivity contribution >= 4 is 21.4 Å². The maximum atomic E-state index is 10.8. The molecule has 0 atom stereocenters. The minimum atomic E-state index is -0.165. The smallest absolute Gasteiger partial charge is 0.192 e. The highest BCUT2D eigenvalue weighted by Crippen LogP contribution is 2.02. The van der Waals surface area contributed by atoms with Crippen molar-refractivity contribution in [2.24, 2.45) is 0 Å². The van der Waals surface area contributed by atoms with Crippen LogP contribution in [0.25, 0.3) is 0 Å². The molecule has 0 bridgehead atoms. The Kier molecular flexibility index (Phi) is 6.03. The summed E-state index contributed by atoms with van der Waals surface area (Å²) < 4.78 is 0. The largest absolute Gasteiger partial charge is 0.298 e. The Hall–Kier alpha value is -0.443. The van der Waals surface area contributed by atoms with E-state index < -0.39 is 0 Å². The average Bonchev–Trinajstić information content (AvgIpc) is 1.97. The Morgan fingerprint density at radius 2 is 1.82 bits per heavy atom. The van der Waals surface area contributed by atoms with Crippen LogP contribution in [0.1, 0.15) is 39.0 Å². The molecule has 11 heavy (non-hydrogen) atoms. The van der Waals surface area contributed by atoms with Crippen LogP contribution >= 0.6 is 0 Å². The summed E-state index contributed by atoms with van der Waals surface area (Å²) in [6.07, 6.45) is 4.78. The lowest BCUT2D eigenvalue weighted by Gasteiger charge is -1.95. The van der Waals surface area contributed by atoms with Gasteiger partial charge in [-0.15, -0.1) is 0 Å². The summed E-state index contributed by atoms with van der Waals surface area (Å²) in [6.45, 7) is 2.12. The molecule has 0 rings (SSSR count). The van der Waals surface area contributed by atoms with Gasteiger partial charge >= 0.3 is 0 Å². The van der Waals surface area contributed by atoms with Gasteiger partial charge in [-0.05, 0) is 6.42 Å². The quantitative estimate of drug-likeness (QED) is 0.330. The number of rotatable bonds is 6. The number of carbonyl (C=O) groups excluding carboxylic acids is 2. The minimum Gasteiger partial charge on any atom is -0.298 e. The van der Waals surface area contributed by atoms with E-state index in [9.17, 15) is 9.59 Å². The van der Waals surface area contributed by atoms with Gasteiger partial charge in [0.05, 0.1) is 10.2 Å². The van der Waals surface area contributed by atoms with E-state index in [2.05, 4.69) is 6.92 Å². The van der Waals surface area contributed by atoms with Gasteiger partial charge in [0, 0.05) is 6.42 Å². The average molecular weight is 172 g/mol. The fourth-order valence-electron chi connectivity index (χ4n) is 0.888. The number of hydrogen-bond donors (Lipinski definition) is 0. The standard InChI is InChI=1S/C8H16O2Si/c1-2-3-4-5-6-7(9)8(10)11/h2-6H2,1,11H3. The van der Waals surface area contributed by atoms with Crippen molar-refractivity contribution in [3.05, 3.63) is 0 Å². The predicted molar refractivity (Wildman–Crippen MR) is 48.7 cm³/mol. The van der Waals surface area contributed by atoms with E-state index in [1.165, 1.54) is 12.8 Å². The zero-order valence-electron chi connectivity index (χ0n) is 7.35. The lowest BCUT2D eigenvalue weighted by molar-refractivity contribution is -0.132. The van der Waals surface area contributed by atoms with E-state index >= 15 is 0 Å². The van der Waals surface area contributed by atoms with E-state index in [1.807, 2.05) is 0 Å². The molecule has 64 valence electrons. The van der Waals surface area contributed by atoms with Gasteiger partial charge in [0.15, 0.2) is 11.2 Å². The molecule has 0 radical (unpaired) electrons. The van der Waals surface area contributed by atoms with Gasteiger partial charge in [0.2, 0.25) is 0 Å². The fraction of sp³-hybridized carbons (Fsp3) is 0.750. The van der Waals surface area contributed by atoms with Crippen molar-refractivity contribution in [1.82, 2.24) is 0 Å². The maximum Gasteiger partial charge on any atom is 0.192 e. The van der Waals surface area contributed by atoms with E-state index in [0.717, 1.165) is 12.8 Å². The molecular formula is C8H16O2Si. The molecule has 0 heterocycles. The molecule has 3 heteroatoms. The monoisotopic (exact) mass is 172 g/mol. The zero-order chi connectivity index (χ0) is 8.69. The number of ketones is 1. The van der Waals surface area contributed by atoms with Gasteiger partial charge in [-0.3, -0.25) is 9.59 Å². The van der Waals surface area contributed by atoms with Crippen LogP contribution in [0.5, 0.6) is 0 Å². The highest BCUT2D eigenvalue weighted by Gasteiger charge is 2.05. The molecular weight excluding hydrogens is 156 g/mol. The molecule has 0 saturated heterocycles. The van der Waals surface area contributed by atoms with E-state index in [4.69, 9.17) is 0 Å². The predicted octanol–water partition coefficient (Wildman–Crippen LogP) is 0.418. The van der Waals surface area contributed by atoms with Crippen molar-refractivity contribution in [2.75, 3.05) is 0 Å². The van der Waals surface area contributed by atoms with Gasteiger partial charge in [-0.2, -0.15) is 0 Å². The number of unbranched alkanes of at least 4 members (excludes halogenated alkanes) is 3. The molecule has 0 aliphatic heterocycles. The summed E-state index contributed by atoms with van der Waals surface area (Å²) in [5, 5.41) is -0.165. The number of hydrogen-bond acceptors (Lipinski definition) is 2. The van der Waals surface area contributed by atoms with Crippen molar-refractivity contribution in [1.29, 1.82) is 0 Å². The topological polar surface area (TPSA) is 34.1 Å². The van der Waals surface area contributed by atoms with Crippen LogP contribution in [-0.2, 0) is 9.59 Å². The van der Waals surface area contributed by atoms with E-state index in [0.29, 0.717) is 16.7 Å². The summed E-state index contributed by atoms with van der Waals surface area (Å²) in [6, 6.07) is 0. The molecule has 0 spiro atoms. The first-order valence-electron chi connectivity index (χ1n) is 4.22. The van der Waals surface area contributed by atoms with Gasteiger partial charge in [-0.1, -0.05) is 26.2 Å². The molecule has 0 aliphatic rings. The molecule has 0 saturated carbocycles. The summed E-state index contributed by atoms with van der Waals surface area (Å²) in [5.74, 6) is -0.159. The summed E-state index contributed by atoms with van der Waals surface area (Å²) >= 11 is 0.